The Kier molecular flexibility index (Phi) is 4.95. The molecule has 2 fully saturated rings. The van der Waals surface area contributed by atoms with Gasteiger partial charge in [-0.3, -0.25) is 9.59 Å². The lowest BCUT2D eigenvalue weighted by atomic mass is 10.2. The number of hydrogen-bond acceptors (Lipinski definition) is 9. The van der Waals surface area contributed by atoms with Gasteiger partial charge in [-0.25, -0.2) is 9.97 Å². The van der Waals surface area contributed by atoms with Gasteiger partial charge in [0.15, 0.2) is 16.4 Å². The van der Waals surface area contributed by atoms with E-state index in [0.29, 0.717) is 28.9 Å². The molecule has 0 unspecified atom stereocenters. The molecule has 144 valence electrons. The molecule has 0 aliphatic carbocycles. The van der Waals surface area contributed by atoms with E-state index in [-0.39, 0.29) is 24.5 Å². The summed E-state index contributed by atoms with van der Waals surface area (Å²) in [5, 5.41) is 14.7. The fourth-order valence-corrected chi connectivity index (χ4v) is 4.91. The second-order valence-electron chi connectivity index (χ2n) is 6.32. The number of anilines is 1. The molecule has 2 amide bonds. The van der Waals surface area contributed by atoms with E-state index in [1.807, 2.05) is 12.3 Å². The van der Waals surface area contributed by atoms with Crippen LogP contribution in [0.5, 0.6) is 0 Å². The molecule has 2 aromatic rings. The molecule has 4 rings (SSSR count). The van der Waals surface area contributed by atoms with E-state index in [4.69, 9.17) is 9.47 Å². The van der Waals surface area contributed by atoms with Gasteiger partial charge in [0.2, 0.25) is 5.91 Å². The molecule has 2 saturated heterocycles. The van der Waals surface area contributed by atoms with E-state index in [2.05, 4.69) is 15.3 Å². The largest absolute Gasteiger partial charge is 0.394 e. The number of ether oxygens (including phenoxy) is 2. The second kappa shape index (κ2) is 7.24. The van der Waals surface area contributed by atoms with Gasteiger partial charge in [0, 0.05) is 12.3 Å². The average Bonchev–Trinajstić information content (AvgIpc) is 3.31. The minimum Gasteiger partial charge on any atom is -0.394 e. The first-order valence-electron chi connectivity index (χ1n) is 8.36. The minimum absolute atomic E-state index is 0.133. The Labute approximate surface area is 163 Å². The minimum atomic E-state index is -0.506. The first-order valence-corrected chi connectivity index (χ1v) is 10.1. The number of aryl methyl sites for hydroxylation is 1. The number of fused-ring (bicyclic) bond motifs is 2. The molecule has 3 atom stereocenters. The number of aliphatic hydroxyl groups excluding tert-OH is 1. The number of amides is 2. The van der Waals surface area contributed by atoms with Crippen LogP contribution in [0.3, 0.4) is 0 Å². The Morgan fingerprint density at radius 3 is 2.93 bits per heavy atom. The highest BCUT2D eigenvalue weighted by Crippen LogP contribution is 2.34. The van der Waals surface area contributed by atoms with Gasteiger partial charge in [-0.15, -0.1) is 11.3 Å². The van der Waals surface area contributed by atoms with Gasteiger partial charge in [0.25, 0.3) is 5.91 Å². The van der Waals surface area contributed by atoms with Crippen LogP contribution in [0.2, 0.25) is 0 Å². The number of nitrogens with zero attached hydrogens (tertiary/aromatic N) is 3. The number of thiazole rings is 2. The number of aliphatic hydroxyl groups is 1. The average molecular weight is 410 g/mol. The third-order valence-electron chi connectivity index (χ3n) is 4.30. The molecular formula is C16H18N4O5S2. The molecule has 0 aromatic carbocycles. The van der Waals surface area contributed by atoms with E-state index in [0.717, 1.165) is 10.6 Å². The van der Waals surface area contributed by atoms with Crippen LogP contribution in [0.1, 0.15) is 22.4 Å². The molecule has 2 aliphatic heterocycles. The third-order valence-corrected chi connectivity index (χ3v) is 6.23. The van der Waals surface area contributed by atoms with Crippen molar-refractivity contribution in [3.05, 3.63) is 16.1 Å². The van der Waals surface area contributed by atoms with Gasteiger partial charge >= 0.3 is 0 Å². The second-order valence-corrected chi connectivity index (χ2v) is 8.18. The van der Waals surface area contributed by atoms with Crippen LogP contribution in [0.25, 0.3) is 10.6 Å². The van der Waals surface area contributed by atoms with Crippen molar-refractivity contribution >= 4 is 39.6 Å². The van der Waals surface area contributed by atoms with E-state index >= 15 is 0 Å². The monoisotopic (exact) mass is 410 g/mol. The lowest BCUT2D eigenvalue weighted by Gasteiger charge is -2.30. The van der Waals surface area contributed by atoms with E-state index in [1.54, 1.807) is 4.90 Å². The van der Waals surface area contributed by atoms with Gasteiger partial charge in [0.1, 0.15) is 12.2 Å². The van der Waals surface area contributed by atoms with Gasteiger partial charge in [-0.05, 0) is 6.92 Å². The van der Waals surface area contributed by atoms with Crippen LogP contribution in [-0.2, 0) is 14.3 Å². The summed E-state index contributed by atoms with van der Waals surface area (Å²) < 4.78 is 11.2. The number of morpholine rings is 1. The molecular weight excluding hydrogens is 392 g/mol. The molecule has 0 spiro atoms. The third kappa shape index (κ3) is 3.60. The van der Waals surface area contributed by atoms with Crippen molar-refractivity contribution < 1.29 is 24.2 Å². The number of nitrogens with one attached hydrogen (secondary N) is 1. The number of rotatable bonds is 4. The summed E-state index contributed by atoms with van der Waals surface area (Å²) in [5.41, 5.74) is 1.41. The van der Waals surface area contributed by atoms with Gasteiger partial charge in [-0.1, -0.05) is 11.3 Å². The summed E-state index contributed by atoms with van der Waals surface area (Å²) >= 11 is 2.59. The van der Waals surface area contributed by atoms with E-state index in [9.17, 15) is 14.7 Å². The lowest BCUT2D eigenvalue weighted by molar-refractivity contribution is -0.114. The predicted octanol–water partition coefficient (Wildman–Crippen LogP) is 1.09. The predicted molar refractivity (Wildman–Crippen MR) is 98.8 cm³/mol. The standard InChI is InChI=1S/C16H18N4O5S2/c1-7-13(27-16(17-7)18-8(2)22)9-6-26-14(19-9)15(23)20-3-10-11(5-21)25-12(4-20)24-10/h6,10-12,21H,3-5H2,1-2H3,(H,17,18,22)/t10-,11+,12-/m1/s1. The van der Waals surface area contributed by atoms with Crippen molar-refractivity contribution in [2.75, 3.05) is 25.0 Å². The quantitative estimate of drug-likeness (QED) is 0.776. The van der Waals surface area contributed by atoms with E-state index < -0.39 is 12.4 Å². The topological polar surface area (TPSA) is 114 Å². The van der Waals surface area contributed by atoms with Gasteiger partial charge in [0.05, 0.1) is 36.0 Å². The van der Waals surface area contributed by atoms with Gasteiger partial charge < -0.3 is 24.8 Å². The summed E-state index contributed by atoms with van der Waals surface area (Å²) in [6.07, 6.45) is -1.22. The number of carbonyl (C=O) groups excluding carboxylic acids is 2. The number of hydrogen-bond donors (Lipinski definition) is 2. The van der Waals surface area contributed by atoms with Crippen LogP contribution in [-0.4, -0.2) is 70.0 Å². The number of carbonyl (C=O) groups is 2. The van der Waals surface area contributed by atoms with Crippen molar-refractivity contribution in [3.63, 3.8) is 0 Å². The van der Waals surface area contributed by atoms with Crippen LogP contribution >= 0.6 is 22.7 Å². The smallest absolute Gasteiger partial charge is 0.283 e. The zero-order chi connectivity index (χ0) is 19.1. The van der Waals surface area contributed by atoms with Crippen LogP contribution in [0.4, 0.5) is 5.13 Å². The molecule has 0 saturated carbocycles. The Morgan fingerprint density at radius 1 is 1.37 bits per heavy atom. The van der Waals surface area contributed by atoms with Crippen molar-refractivity contribution in [2.24, 2.45) is 0 Å². The van der Waals surface area contributed by atoms with Crippen molar-refractivity contribution in [1.29, 1.82) is 0 Å². The van der Waals surface area contributed by atoms with Crippen LogP contribution < -0.4 is 5.32 Å². The first kappa shape index (κ1) is 18.4. The SMILES string of the molecule is CC(=O)Nc1nc(C)c(-c2csc(C(=O)N3C[C@H]4O[C@@H](CO)[C@@H](C3)O4)n2)s1. The summed E-state index contributed by atoms with van der Waals surface area (Å²) in [5.74, 6) is -0.370. The normalized spacial score (nSPS) is 24.3. The summed E-state index contributed by atoms with van der Waals surface area (Å²) in [6.45, 7) is 3.81. The maximum Gasteiger partial charge on any atom is 0.283 e. The Balaban J connectivity index is 1.50. The highest BCUT2D eigenvalue weighted by Gasteiger charge is 2.43. The highest BCUT2D eigenvalue weighted by atomic mass is 32.1. The number of aromatic nitrogens is 2. The molecule has 9 nitrogen and oxygen atoms in total. The van der Waals surface area contributed by atoms with E-state index in [1.165, 1.54) is 29.6 Å². The molecule has 11 heteroatoms. The zero-order valence-electron chi connectivity index (χ0n) is 14.7. The maximum absolute atomic E-state index is 12.8. The zero-order valence-corrected chi connectivity index (χ0v) is 16.3. The van der Waals surface area contributed by atoms with Crippen LogP contribution in [0.15, 0.2) is 5.38 Å². The lowest BCUT2D eigenvalue weighted by Crippen LogP contribution is -2.47. The molecule has 27 heavy (non-hydrogen) atoms. The fourth-order valence-electron chi connectivity index (χ4n) is 3.09. The molecule has 2 bridgehead atoms. The molecule has 2 N–H and O–H groups in total. The summed E-state index contributed by atoms with van der Waals surface area (Å²) in [7, 11) is 0. The summed E-state index contributed by atoms with van der Waals surface area (Å²) in [4.78, 5) is 35.3. The fraction of sp³-hybridized carbons (Fsp3) is 0.500. The maximum atomic E-state index is 12.8. The van der Waals surface area contributed by atoms with Crippen molar-refractivity contribution in [1.82, 2.24) is 14.9 Å². The Morgan fingerprint density at radius 2 is 2.19 bits per heavy atom. The van der Waals surface area contributed by atoms with Gasteiger partial charge in [-0.2, -0.15) is 0 Å². The van der Waals surface area contributed by atoms with Crippen molar-refractivity contribution in [2.45, 2.75) is 32.3 Å². The molecule has 2 aliphatic rings. The molecule has 0 radical (unpaired) electrons. The highest BCUT2D eigenvalue weighted by molar-refractivity contribution is 7.19. The van der Waals surface area contributed by atoms with Crippen LogP contribution in [0, 0.1) is 6.92 Å². The van der Waals surface area contributed by atoms with Crippen molar-refractivity contribution in [3.8, 4) is 10.6 Å². The Hall–Kier alpha value is -1.92. The molecule has 2 aromatic heterocycles. The molecule has 4 heterocycles. The Bertz CT molecular complexity index is 882. The summed E-state index contributed by atoms with van der Waals surface area (Å²) in [6, 6.07) is 0. The first-order chi connectivity index (χ1) is 12.9.